The molecule has 0 aliphatic carbocycles. The van der Waals surface area contributed by atoms with Gasteiger partial charge in [-0.3, -0.25) is 4.52 Å². The number of phosphoric ester groups is 1. The second-order valence-electron chi connectivity index (χ2n) is 6.38. The second-order valence-corrected chi connectivity index (χ2v) is 7.57. The molecule has 0 amide bonds. The second kappa shape index (κ2) is 10.1. The average molecular weight is 364 g/mol. The van der Waals surface area contributed by atoms with E-state index in [2.05, 4.69) is 9.26 Å². The number of hydrogen-bond acceptors (Lipinski definition) is 5. The lowest BCUT2D eigenvalue weighted by molar-refractivity contribution is -0.134. The summed E-state index contributed by atoms with van der Waals surface area (Å²) in [6.45, 7) is 6.65. The number of aliphatic hydroxyl groups is 1. The number of ether oxygens (including phenoxy) is 1. The highest BCUT2D eigenvalue weighted by molar-refractivity contribution is 7.46. The monoisotopic (exact) mass is 364 g/mol. The number of carbonyl (C=O) groups excluding carboxylic acids is 1. The molecule has 0 rings (SSSR count). The zero-order valence-corrected chi connectivity index (χ0v) is 15.9. The molecule has 8 heteroatoms. The molecule has 7 nitrogen and oxygen atoms in total. The van der Waals surface area contributed by atoms with Crippen molar-refractivity contribution < 1.29 is 33.5 Å². The van der Waals surface area contributed by atoms with Gasteiger partial charge in [0.15, 0.2) is 0 Å². The third-order valence-electron chi connectivity index (χ3n) is 3.45. The van der Waals surface area contributed by atoms with Gasteiger partial charge in [0.25, 0.3) is 0 Å². The van der Waals surface area contributed by atoms with Crippen molar-refractivity contribution in [2.75, 3.05) is 7.11 Å². The van der Waals surface area contributed by atoms with Crippen LogP contribution in [0.5, 0.6) is 0 Å². The molecule has 1 unspecified atom stereocenters. The quantitative estimate of drug-likeness (QED) is 0.236. The lowest BCUT2D eigenvalue weighted by Gasteiger charge is -2.29. The maximum Gasteiger partial charge on any atom is 0.469 e. The van der Waals surface area contributed by atoms with Crippen molar-refractivity contribution in [3.63, 3.8) is 0 Å². The van der Waals surface area contributed by atoms with Crippen molar-refractivity contribution in [1.82, 2.24) is 0 Å². The van der Waals surface area contributed by atoms with Crippen LogP contribution in [0.3, 0.4) is 0 Å². The van der Waals surface area contributed by atoms with Crippen molar-refractivity contribution in [1.29, 1.82) is 0 Å². The van der Waals surface area contributed by atoms with Crippen LogP contribution in [0.4, 0.5) is 0 Å². The number of methoxy groups -OCH3 is 1. The molecule has 0 aliphatic rings. The SMILES string of the molecule is COC(=O)C=C(C)CCC=C(C)CCC(OP(=O)(O)O)C(C)(C)O. The highest BCUT2D eigenvalue weighted by Crippen LogP contribution is 2.41. The summed E-state index contributed by atoms with van der Waals surface area (Å²) in [6, 6.07) is 0. The lowest BCUT2D eigenvalue weighted by Crippen LogP contribution is -2.37. The fourth-order valence-electron chi connectivity index (χ4n) is 2.04. The van der Waals surface area contributed by atoms with Gasteiger partial charge < -0.3 is 19.6 Å². The minimum absolute atomic E-state index is 0.286. The Morgan fingerprint density at radius 1 is 1.21 bits per heavy atom. The minimum atomic E-state index is -4.66. The minimum Gasteiger partial charge on any atom is -0.466 e. The van der Waals surface area contributed by atoms with Crippen molar-refractivity contribution in [3.05, 3.63) is 23.3 Å². The maximum atomic E-state index is 11.1. The smallest absolute Gasteiger partial charge is 0.466 e. The summed E-state index contributed by atoms with van der Waals surface area (Å²) < 4.78 is 20.2. The van der Waals surface area contributed by atoms with Crippen LogP contribution in [0.25, 0.3) is 0 Å². The van der Waals surface area contributed by atoms with Gasteiger partial charge in [0.05, 0.1) is 18.8 Å². The van der Waals surface area contributed by atoms with E-state index < -0.39 is 19.5 Å². The van der Waals surface area contributed by atoms with Crippen molar-refractivity contribution >= 4 is 13.8 Å². The molecule has 1 atom stereocenters. The summed E-state index contributed by atoms with van der Waals surface area (Å²) in [5.74, 6) is -0.379. The molecule has 0 aromatic carbocycles. The molecule has 0 radical (unpaired) electrons. The summed E-state index contributed by atoms with van der Waals surface area (Å²) in [5, 5.41) is 9.97. The number of allylic oxidation sites excluding steroid dienone is 3. The fraction of sp³-hybridized carbons (Fsp3) is 0.688. The maximum absolute atomic E-state index is 11.1. The molecule has 24 heavy (non-hydrogen) atoms. The Hall–Kier alpha value is -0.980. The summed E-state index contributed by atoms with van der Waals surface area (Å²) >= 11 is 0. The van der Waals surface area contributed by atoms with Gasteiger partial charge in [0, 0.05) is 6.08 Å². The highest BCUT2D eigenvalue weighted by Gasteiger charge is 2.33. The average Bonchev–Trinajstić information content (AvgIpc) is 2.40. The van der Waals surface area contributed by atoms with Gasteiger partial charge in [0.2, 0.25) is 0 Å². The van der Waals surface area contributed by atoms with E-state index in [1.165, 1.54) is 27.0 Å². The Bertz CT molecular complexity index is 511. The molecular formula is C16H29O7P. The molecule has 3 N–H and O–H groups in total. The van der Waals surface area contributed by atoms with E-state index in [0.29, 0.717) is 12.8 Å². The van der Waals surface area contributed by atoms with Crippen LogP contribution < -0.4 is 0 Å². The molecule has 0 heterocycles. The Labute approximate surface area is 143 Å². The topological polar surface area (TPSA) is 113 Å². The predicted molar refractivity (Wildman–Crippen MR) is 91.2 cm³/mol. The Morgan fingerprint density at radius 3 is 2.25 bits per heavy atom. The molecule has 0 fully saturated rings. The third-order valence-corrected chi connectivity index (χ3v) is 3.98. The highest BCUT2D eigenvalue weighted by atomic mass is 31.2. The number of carbonyl (C=O) groups is 1. The van der Waals surface area contributed by atoms with E-state index in [9.17, 15) is 14.5 Å². The Kier molecular flexibility index (Phi) is 9.70. The fourth-order valence-corrected chi connectivity index (χ4v) is 2.73. The van der Waals surface area contributed by atoms with E-state index in [1.807, 2.05) is 19.9 Å². The zero-order chi connectivity index (χ0) is 19.0. The third kappa shape index (κ3) is 11.5. The van der Waals surface area contributed by atoms with E-state index >= 15 is 0 Å². The molecule has 140 valence electrons. The van der Waals surface area contributed by atoms with E-state index in [-0.39, 0.29) is 12.4 Å². The van der Waals surface area contributed by atoms with Gasteiger partial charge in [-0.2, -0.15) is 0 Å². The molecule has 0 spiro atoms. The van der Waals surface area contributed by atoms with Crippen molar-refractivity contribution in [2.24, 2.45) is 0 Å². The van der Waals surface area contributed by atoms with Gasteiger partial charge in [-0.25, -0.2) is 9.36 Å². The molecule has 0 saturated heterocycles. The summed E-state index contributed by atoms with van der Waals surface area (Å²) in [7, 11) is -3.33. The molecule has 0 aromatic rings. The van der Waals surface area contributed by atoms with Gasteiger partial charge in [-0.15, -0.1) is 0 Å². The zero-order valence-electron chi connectivity index (χ0n) is 15.0. The van der Waals surface area contributed by atoms with Gasteiger partial charge in [-0.05, 0) is 53.4 Å². The van der Waals surface area contributed by atoms with Crippen LogP contribution >= 0.6 is 7.82 Å². The molecule has 0 saturated carbocycles. The number of phosphoric acid groups is 1. The van der Waals surface area contributed by atoms with Crippen LogP contribution in [0.15, 0.2) is 23.3 Å². The number of hydrogen-bond donors (Lipinski definition) is 3. The lowest BCUT2D eigenvalue weighted by atomic mass is 9.95. The first-order valence-corrected chi connectivity index (χ1v) is 9.25. The molecule has 0 aromatic heterocycles. The first-order valence-electron chi connectivity index (χ1n) is 7.72. The molecule has 0 aliphatic heterocycles. The standard InChI is InChI=1S/C16H29O7P/c1-12(7-6-8-13(2)11-15(17)22-5)9-10-14(16(3,4)18)23-24(19,20)21/h7,11,14,18H,6,8-10H2,1-5H3,(H2,19,20,21). The van der Waals surface area contributed by atoms with Crippen molar-refractivity contribution in [3.8, 4) is 0 Å². The van der Waals surface area contributed by atoms with Gasteiger partial charge in [0.1, 0.15) is 0 Å². The van der Waals surface area contributed by atoms with Crippen LogP contribution in [-0.4, -0.2) is 39.7 Å². The van der Waals surface area contributed by atoms with E-state index in [0.717, 1.165) is 17.6 Å². The van der Waals surface area contributed by atoms with Gasteiger partial charge >= 0.3 is 13.8 Å². The van der Waals surface area contributed by atoms with Crippen LogP contribution in [-0.2, 0) is 18.6 Å². The van der Waals surface area contributed by atoms with Gasteiger partial charge in [-0.1, -0.05) is 17.2 Å². The van der Waals surface area contributed by atoms with E-state index in [4.69, 9.17) is 9.79 Å². The van der Waals surface area contributed by atoms with Crippen LogP contribution in [0, 0.1) is 0 Å². The summed E-state index contributed by atoms with van der Waals surface area (Å²) in [6.07, 6.45) is 4.73. The van der Waals surface area contributed by atoms with Crippen LogP contribution in [0.1, 0.15) is 53.4 Å². The normalized spacial score (nSPS) is 15.3. The largest absolute Gasteiger partial charge is 0.469 e. The van der Waals surface area contributed by atoms with E-state index in [1.54, 1.807) is 0 Å². The summed E-state index contributed by atoms with van der Waals surface area (Å²) in [5.41, 5.74) is 0.566. The van der Waals surface area contributed by atoms with Crippen molar-refractivity contribution in [2.45, 2.75) is 65.1 Å². The first kappa shape index (κ1) is 23.0. The predicted octanol–water partition coefficient (Wildman–Crippen LogP) is 2.86. The number of esters is 1. The molecular weight excluding hydrogens is 335 g/mol. The molecule has 0 bridgehead atoms. The summed E-state index contributed by atoms with van der Waals surface area (Å²) in [4.78, 5) is 29.0. The first-order chi connectivity index (χ1) is 10.8. The Morgan fingerprint density at radius 2 is 1.79 bits per heavy atom. The van der Waals surface area contributed by atoms with Crippen LogP contribution in [0.2, 0.25) is 0 Å². The number of rotatable bonds is 10. The Balaban J connectivity index is 4.52.